The summed E-state index contributed by atoms with van der Waals surface area (Å²) in [5.74, 6) is 0.363. The lowest BCUT2D eigenvalue weighted by Crippen LogP contribution is -2.21. The molecule has 18 heavy (non-hydrogen) atoms. The number of aliphatic hydroxyl groups is 1. The summed E-state index contributed by atoms with van der Waals surface area (Å²) in [6.45, 7) is 2.62. The highest BCUT2D eigenvalue weighted by Gasteiger charge is 2.37. The van der Waals surface area contributed by atoms with Gasteiger partial charge in [-0.3, -0.25) is 4.57 Å². The molecule has 1 aliphatic rings. The summed E-state index contributed by atoms with van der Waals surface area (Å²) in [6, 6.07) is 0. The van der Waals surface area contributed by atoms with Crippen LogP contribution in [0.15, 0.2) is 12.7 Å². The van der Waals surface area contributed by atoms with Crippen LogP contribution < -0.4 is 5.73 Å². The van der Waals surface area contributed by atoms with E-state index in [0.717, 1.165) is 6.42 Å². The van der Waals surface area contributed by atoms with E-state index in [1.54, 1.807) is 6.33 Å². The predicted molar refractivity (Wildman–Crippen MR) is 64.5 cm³/mol. The molecule has 0 spiro atoms. The number of fused-ring (bicyclic) bond motifs is 1. The van der Waals surface area contributed by atoms with Crippen LogP contribution in [0.5, 0.6) is 0 Å². The van der Waals surface area contributed by atoms with Gasteiger partial charge in [-0.25, -0.2) is 15.0 Å². The van der Waals surface area contributed by atoms with Gasteiger partial charge in [0, 0.05) is 11.8 Å². The van der Waals surface area contributed by atoms with Gasteiger partial charge in [-0.05, 0) is 0 Å². The van der Waals surface area contributed by atoms with Crippen LogP contribution in [0.25, 0.3) is 11.2 Å². The van der Waals surface area contributed by atoms with Crippen molar-refractivity contribution in [2.24, 2.45) is 5.41 Å². The smallest absolute Gasteiger partial charge is 0.167 e. The van der Waals surface area contributed by atoms with Crippen molar-refractivity contribution in [3.8, 4) is 0 Å². The first-order valence-electron chi connectivity index (χ1n) is 5.78. The summed E-state index contributed by atoms with van der Waals surface area (Å²) in [5.41, 5.74) is 6.78. The summed E-state index contributed by atoms with van der Waals surface area (Å²) in [4.78, 5) is 12.3. The first kappa shape index (κ1) is 11.4. The van der Waals surface area contributed by atoms with Crippen molar-refractivity contribution >= 4 is 17.0 Å². The lowest BCUT2D eigenvalue weighted by molar-refractivity contribution is 0.0464. The van der Waals surface area contributed by atoms with Gasteiger partial charge in [-0.2, -0.15) is 0 Å². The monoisotopic (exact) mass is 249 g/mol. The second-order valence-electron chi connectivity index (χ2n) is 5.02. The van der Waals surface area contributed by atoms with Crippen molar-refractivity contribution in [2.75, 3.05) is 18.9 Å². The van der Waals surface area contributed by atoms with Crippen LogP contribution in [0.3, 0.4) is 0 Å². The van der Waals surface area contributed by atoms with Crippen molar-refractivity contribution in [1.29, 1.82) is 0 Å². The third-order valence-electron chi connectivity index (χ3n) is 3.37. The normalized spacial score (nSPS) is 28.0. The van der Waals surface area contributed by atoms with E-state index in [-0.39, 0.29) is 18.2 Å². The highest BCUT2D eigenvalue weighted by molar-refractivity contribution is 5.81. The Morgan fingerprint density at radius 2 is 2.39 bits per heavy atom. The second-order valence-corrected chi connectivity index (χ2v) is 5.02. The molecule has 96 valence electrons. The fourth-order valence-electron chi connectivity index (χ4n) is 2.21. The quantitative estimate of drug-likeness (QED) is 0.795. The molecule has 0 aliphatic carbocycles. The van der Waals surface area contributed by atoms with Gasteiger partial charge in [-0.15, -0.1) is 0 Å². The highest BCUT2D eigenvalue weighted by atomic mass is 16.5. The Kier molecular flexibility index (Phi) is 2.46. The Morgan fingerprint density at radius 1 is 1.56 bits per heavy atom. The average Bonchev–Trinajstić information content (AvgIpc) is 2.94. The van der Waals surface area contributed by atoms with Crippen molar-refractivity contribution in [1.82, 2.24) is 19.5 Å². The van der Waals surface area contributed by atoms with E-state index in [1.165, 1.54) is 6.33 Å². The molecule has 1 fully saturated rings. The van der Waals surface area contributed by atoms with Crippen LogP contribution in [-0.4, -0.2) is 37.8 Å². The summed E-state index contributed by atoms with van der Waals surface area (Å²) < 4.78 is 7.56. The van der Waals surface area contributed by atoms with Crippen LogP contribution in [0, 0.1) is 5.41 Å². The Hall–Kier alpha value is -1.73. The second kappa shape index (κ2) is 3.89. The van der Waals surface area contributed by atoms with Gasteiger partial charge in [0.05, 0.1) is 19.5 Å². The Morgan fingerprint density at radius 3 is 3.11 bits per heavy atom. The Bertz CT molecular complexity index is 584. The standard InChI is InChI=1S/C11H15N5O2/c1-11(3-17)2-7(18-4-11)16-6-15-8-9(12)13-5-14-10(8)16/h5-7,17H,2-4H2,1H3,(H2,12,13,14)/t7-,11+/m0/s1. The number of nitrogens with two attached hydrogens (primary N) is 1. The van der Waals surface area contributed by atoms with Gasteiger partial charge in [0.2, 0.25) is 0 Å². The molecule has 2 atom stereocenters. The molecule has 3 rings (SSSR count). The molecule has 3 N–H and O–H groups in total. The zero-order chi connectivity index (χ0) is 12.8. The molecule has 1 aliphatic heterocycles. The van der Waals surface area contributed by atoms with E-state index in [1.807, 2.05) is 11.5 Å². The summed E-state index contributed by atoms with van der Waals surface area (Å²) in [7, 11) is 0. The first-order chi connectivity index (χ1) is 8.63. The zero-order valence-electron chi connectivity index (χ0n) is 10.1. The van der Waals surface area contributed by atoms with Crippen LogP contribution in [-0.2, 0) is 4.74 Å². The van der Waals surface area contributed by atoms with E-state index in [9.17, 15) is 5.11 Å². The molecule has 0 unspecified atom stereocenters. The number of hydrogen-bond acceptors (Lipinski definition) is 6. The van der Waals surface area contributed by atoms with Crippen molar-refractivity contribution in [3.63, 3.8) is 0 Å². The molecule has 3 heterocycles. The van der Waals surface area contributed by atoms with E-state index in [2.05, 4.69) is 15.0 Å². The number of hydrogen-bond donors (Lipinski definition) is 2. The van der Waals surface area contributed by atoms with Gasteiger partial charge in [0.1, 0.15) is 18.1 Å². The van der Waals surface area contributed by atoms with E-state index in [4.69, 9.17) is 10.5 Å². The number of ether oxygens (including phenoxy) is 1. The fourth-order valence-corrected chi connectivity index (χ4v) is 2.21. The SMILES string of the molecule is C[C@@]1(CO)CO[C@H](n2cnc3c(N)ncnc32)C1. The minimum Gasteiger partial charge on any atom is -0.396 e. The molecule has 1 saturated heterocycles. The van der Waals surface area contributed by atoms with Crippen LogP contribution in [0.4, 0.5) is 5.82 Å². The number of nitrogens with zero attached hydrogens (tertiary/aromatic N) is 4. The van der Waals surface area contributed by atoms with Crippen molar-refractivity contribution in [2.45, 2.75) is 19.6 Å². The van der Waals surface area contributed by atoms with Crippen molar-refractivity contribution in [3.05, 3.63) is 12.7 Å². The fraction of sp³-hybridized carbons (Fsp3) is 0.545. The number of nitrogen functional groups attached to an aromatic ring is 1. The van der Waals surface area contributed by atoms with Crippen LogP contribution in [0.2, 0.25) is 0 Å². The lowest BCUT2D eigenvalue weighted by Gasteiger charge is -2.17. The van der Waals surface area contributed by atoms with Crippen LogP contribution >= 0.6 is 0 Å². The lowest BCUT2D eigenvalue weighted by atomic mass is 9.90. The first-order valence-corrected chi connectivity index (χ1v) is 5.78. The van der Waals surface area contributed by atoms with E-state index < -0.39 is 0 Å². The average molecular weight is 249 g/mol. The van der Waals surface area contributed by atoms with E-state index >= 15 is 0 Å². The maximum atomic E-state index is 9.35. The third kappa shape index (κ3) is 1.63. The summed E-state index contributed by atoms with van der Waals surface area (Å²) >= 11 is 0. The Labute approximate surface area is 104 Å². The highest BCUT2D eigenvalue weighted by Crippen LogP contribution is 2.38. The van der Waals surface area contributed by atoms with Gasteiger partial charge in [0.15, 0.2) is 11.5 Å². The summed E-state index contributed by atoms with van der Waals surface area (Å²) in [6.07, 6.45) is 3.62. The third-order valence-corrected chi connectivity index (χ3v) is 3.37. The minimum absolute atomic E-state index is 0.104. The maximum absolute atomic E-state index is 9.35. The van der Waals surface area contributed by atoms with E-state index in [0.29, 0.717) is 23.6 Å². The molecule has 0 saturated carbocycles. The number of rotatable bonds is 2. The predicted octanol–water partition coefficient (Wildman–Crippen LogP) is 0.326. The molecular weight excluding hydrogens is 234 g/mol. The molecule has 0 radical (unpaired) electrons. The Balaban J connectivity index is 1.99. The molecule has 2 aromatic rings. The molecular formula is C11H15N5O2. The zero-order valence-corrected chi connectivity index (χ0v) is 10.1. The number of anilines is 1. The number of imidazole rings is 1. The molecule has 2 aromatic heterocycles. The molecule has 7 nitrogen and oxygen atoms in total. The van der Waals surface area contributed by atoms with Gasteiger partial charge in [-0.1, -0.05) is 6.92 Å². The maximum Gasteiger partial charge on any atom is 0.167 e. The van der Waals surface area contributed by atoms with Crippen LogP contribution in [0.1, 0.15) is 19.6 Å². The number of aliphatic hydroxyl groups excluding tert-OH is 1. The largest absolute Gasteiger partial charge is 0.396 e. The topological polar surface area (TPSA) is 99.1 Å². The molecule has 0 bridgehead atoms. The van der Waals surface area contributed by atoms with Gasteiger partial charge >= 0.3 is 0 Å². The molecule has 0 aromatic carbocycles. The van der Waals surface area contributed by atoms with Gasteiger partial charge in [0.25, 0.3) is 0 Å². The minimum atomic E-state index is -0.208. The summed E-state index contributed by atoms with van der Waals surface area (Å²) in [5, 5.41) is 9.35. The number of aromatic nitrogens is 4. The molecule has 7 heteroatoms. The molecule has 0 amide bonds. The van der Waals surface area contributed by atoms with Gasteiger partial charge < -0.3 is 15.6 Å². The van der Waals surface area contributed by atoms with Crippen molar-refractivity contribution < 1.29 is 9.84 Å².